The fraction of sp³-hybridized carbons (Fsp3) is 0.833. The third-order valence-corrected chi connectivity index (χ3v) is 4.39. The van der Waals surface area contributed by atoms with Crippen molar-refractivity contribution in [2.24, 2.45) is 5.92 Å². The van der Waals surface area contributed by atoms with Crippen molar-refractivity contribution < 1.29 is 19.0 Å². The van der Waals surface area contributed by atoms with E-state index >= 15 is 0 Å². The molecule has 6 heteroatoms. The predicted molar refractivity (Wildman–Crippen MR) is 75.8 cm³/mol. The van der Waals surface area contributed by atoms with Crippen LogP contribution in [0.5, 0.6) is 0 Å². The molecule has 104 valence electrons. The standard InChI is InChI=1S/C12H20O4S2/c1-4-15-12(17)18-8(2)9-6-5-7-16-10(9)11(13)14-3/h8-10H,4-7H2,1-3H3/t8?,9-,10-/m1/s1. The van der Waals surface area contributed by atoms with E-state index in [1.807, 2.05) is 13.8 Å². The summed E-state index contributed by atoms with van der Waals surface area (Å²) in [5, 5.41) is 0.174. The molecule has 0 aliphatic carbocycles. The largest absolute Gasteiger partial charge is 0.479 e. The minimum absolute atomic E-state index is 0.120. The molecule has 0 saturated carbocycles. The number of ether oxygens (including phenoxy) is 3. The maximum Gasteiger partial charge on any atom is 0.335 e. The molecular weight excluding hydrogens is 272 g/mol. The van der Waals surface area contributed by atoms with Crippen molar-refractivity contribution >= 4 is 34.3 Å². The van der Waals surface area contributed by atoms with Crippen LogP contribution in [0.3, 0.4) is 0 Å². The van der Waals surface area contributed by atoms with Gasteiger partial charge < -0.3 is 14.2 Å². The molecular formula is C12H20O4S2. The Balaban J connectivity index is 2.59. The Labute approximate surface area is 118 Å². The molecule has 0 bridgehead atoms. The average Bonchev–Trinajstić information content (AvgIpc) is 2.38. The molecule has 1 unspecified atom stereocenters. The van der Waals surface area contributed by atoms with E-state index in [2.05, 4.69) is 0 Å². The lowest BCUT2D eigenvalue weighted by molar-refractivity contribution is -0.161. The highest BCUT2D eigenvalue weighted by Gasteiger charge is 2.37. The van der Waals surface area contributed by atoms with Gasteiger partial charge in [-0.1, -0.05) is 18.7 Å². The summed E-state index contributed by atoms with van der Waals surface area (Å²) in [6.07, 6.45) is 1.43. The van der Waals surface area contributed by atoms with E-state index in [0.29, 0.717) is 17.6 Å². The molecule has 0 spiro atoms. The zero-order valence-electron chi connectivity index (χ0n) is 11.0. The van der Waals surface area contributed by atoms with E-state index in [0.717, 1.165) is 12.8 Å². The van der Waals surface area contributed by atoms with E-state index in [1.54, 1.807) is 0 Å². The fourth-order valence-corrected chi connectivity index (χ4v) is 3.55. The molecule has 1 fully saturated rings. The first-order valence-corrected chi connectivity index (χ1v) is 7.41. The molecule has 18 heavy (non-hydrogen) atoms. The number of methoxy groups -OCH3 is 1. The molecule has 1 heterocycles. The zero-order chi connectivity index (χ0) is 13.5. The Bertz CT molecular complexity index is 296. The quantitative estimate of drug-likeness (QED) is 0.585. The Morgan fingerprint density at radius 2 is 2.33 bits per heavy atom. The number of rotatable bonds is 4. The van der Waals surface area contributed by atoms with Gasteiger partial charge in [-0.3, -0.25) is 0 Å². The van der Waals surface area contributed by atoms with E-state index < -0.39 is 6.10 Å². The van der Waals surface area contributed by atoms with Crippen LogP contribution in [0.4, 0.5) is 0 Å². The summed E-state index contributed by atoms with van der Waals surface area (Å²) in [5.41, 5.74) is 0. The summed E-state index contributed by atoms with van der Waals surface area (Å²) in [4.78, 5) is 11.7. The first-order chi connectivity index (χ1) is 8.60. The van der Waals surface area contributed by atoms with Crippen LogP contribution in [0, 0.1) is 5.92 Å². The van der Waals surface area contributed by atoms with E-state index in [1.165, 1.54) is 18.9 Å². The first kappa shape index (κ1) is 15.7. The van der Waals surface area contributed by atoms with Gasteiger partial charge in [0.2, 0.25) is 4.38 Å². The lowest BCUT2D eigenvalue weighted by atomic mass is 9.91. The Morgan fingerprint density at radius 3 is 2.94 bits per heavy atom. The van der Waals surface area contributed by atoms with Gasteiger partial charge in [0.15, 0.2) is 6.10 Å². The summed E-state index contributed by atoms with van der Waals surface area (Å²) < 4.78 is 16.1. The highest BCUT2D eigenvalue weighted by atomic mass is 32.2. The summed E-state index contributed by atoms with van der Waals surface area (Å²) >= 11 is 6.60. The van der Waals surface area contributed by atoms with Gasteiger partial charge in [0.05, 0.1) is 13.7 Å². The van der Waals surface area contributed by atoms with Crippen molar-refractivity contribution in [1.29, 1.82) is 0 Å². The van der Waals surface area contributed by atoms with Gasteiger partial charge >= 0.3 is 5.97 Å². The van der Waals surface area contributed by atoms with E-state index in [4.69, 9.17) is 26.4 Å². The molecule has 4 nitrogen and oxygen atoms in total. The van der Waals surface area contributed by atoms with Gasteiger partial charge in [0, 0.05) is 17.8 Å². The highest BCUT2D eigenvalue weighted by Crippen LogP contribution is 2.32. The summed E-state index contributed by atoms with van der Waals surface area (Å²) in [7, 11) is 1.39. The molecule has 0 aromatic carbocycles. The Hall–Kier alpha value is -0.330. The summed E-state index contributed by atoms with van der Waals surface area (Å²) in [5.74, 6) is -0.177. The normalized spacial score (nSPS) is 25.3. The third kappa shape index (κ3) is 4.40. The minimum Gasteiger partial charge on any atom is -0.479 e. The van der Waals surface area contributed by atoms with Crippen molar-refractivity contribution in [2.45, 2.75) is 38.0 Å². The van der Waals surface area contributed by atoms with Crippen LogP contribution in [0.25, 0.3) is 0 Å². The second-order valence-corrected chi connectivity index (χ2v) is 6.11. The molecule has 0 aromatic heterocycles. The van der Waals surface area contributed by atoms with Crippen molar-refractivity contribution in [3.8, 4) is 0 Å². The third-order valence-electron chi connectivity index (χ3n) is 2.95. The monoisotopic (exact) mass is 292 g/mol. The number of hydrogen-bond acceptors (Lipinski definition) is 6. The second kappa shape index (κ2) is 7.96. The van der Waals surface area contributed by atoms with Gasteiger partial charge in [-0.15, -0.1) is 0 Å². The van der Waals surface area contributed by atoms with Crippen molar-refractivity contribution in [3.05, 3.63) is 0 Å². The topological polar surface area (TPSA) is 44.8 Å². The van der Waals surface area contributed by atoms with Gasteiger partial charge in [-0.05, 0) is 32.0 Å². The van der Waals surface area contributed by atoms with Crippen LogP contribution in [0.1, 0.15) is 26.7 Å². The lowest BCUT2D eigenvalue weighted by Gasteiger charge is -2.33. The average molecular weight is 292 g/mol. The smallest absolute Gasteiger partial charge is 0.335 e. The second-order valence-electron chi connectivity index (χ2n) is 4.13. The molecule has 0 aromatic rings. The van der Waals surface area contributed by atoms with Gasteiger partial charge in [0.1, 0.15) is 0 Å². The number of hydrogen-bond donors (Lipinski definition) is 0. The number of thiocarbonyl (C=S) groups is 1. The maximum absolute atomic E-state index is 11.7. The van der Waals surface area contributed by atoms with Crippen LogP contribution in [0.15, 0.2) is 0 Å². The molecule has 1 rings (SSSR count). The fourth-order valence-electron chi connectivity index (χ4n) is 2.04. The lowest BCUT2D eigenvalue weighted by Crippen LogP contribution is -2.41. The molecule has 0 radical (unpaired) electrons. The van der Waals surface area contributed by atoms with Crippen molar-refractivity contribution in [1.82, 2.24) is 0 Å². The minimum atomic E-state index is -0.476. The molecule has 0 amide bonds. The number of carbonyl (C=O) groups is 1. The summed E-state index contributed by atoms with van der Waals surface area (Å²) in [6.45, 7) is 5.13. The highest BCUT2D eigenvalue weighted by molar-refractivity contribution is 8.23. The zero-order valence-corrected chi connectivity index (χ0v) is 12.6. The van der Waals surface area contributed by atoms with Crippen LogP contribution < -0.4 is 0 Å². The van der Waals surface area contributed by atoms with Gasteiger partial charge in [-0.25, -0.2) is 4.79 Å². The molecule has 0 N–H and O–H groups in total. The maximum atomic E-state index is 11.7. The number of thioether (sulfide) groups is 1. The van der Waals surface area contributed by atoms with Crippen LogP contribution >= 0.6 is 24.0 Å². The number of carbonyl (C=O) groups excluding carboxylic acids is 1. The van der Waals surface area contributed by atoms with E-state index in [-0.39, 0.29) is 17.1 Å². The first-order valence-electron chi connectivity index (χ1n) is 6.13. The Morgan fingerprint density at radius 1 is 1.61 bits per heavy atom. The number of esters is 1. The molecule has 3 atom stereocenters. The SMILES string of the molecule is CCOC(=S)SC(C)[C@H]1CCCO[C@H]1C(=O)OC. The molecule has 1 aliphatic heterocycles. The Kier molecular flexibility index (Phi) is 6.96. The van der Waals surface area contributed by atoms with Gasteiger partial charge in [0.25, 0.3) is 0 Å². The molecule has 1 aliphatic rings. The van der Waals surface area contributed by atoms with Crippen molar-refractivity contribution in [3.63, 3.8) is 0 Å². The van der Waals surface area contributed by atoms with Gasteiger partial charge in [-0.2, -0.15) is 0 Å². The van der Waals surface area contributed by atoms with Crippen LogP contribution in [-0.2, 0) is 19.0 Å². The van der Waals surface area contributed by atoms with Crippen LogP contribution in [0.2, 0.25) is 0 Å². The summed E-state index contributed by atoms with van der Waals surface area (Å²) in [6, 6.07) is 0. The van der Waals surface area contributed by atoms with Crippen LogP contribution in [-0.4, -0.2) is 42.0 Å². The predicted octanol–water partition coefficient (Wildman–Crippen LogP) is 2.40. The van der Waals surface area contributed by atoms with E-state index in [9.17, 15) is 4.79 Å². The van der Waals surface area contributed by atoms with Crippen molar-refractivity contribution in [2.75, 3.05) is 20.3 Å². The molecule has 1 saturated heterocycles.